The van der Waals surface area contributed by atoms with Crippen LogP contribution in [-0.2, 0) is 11.3 Å². The summed E-state index contributed by atoms with van der Waals surface area (Å²) in [6.45, 7) is 11.1. The van der Waals surface area contributed by atoms with E-state index in [1.54, 1.807) is 30.3 Å². The van der Waals surface area contributed by atoms with Gasteiger partial charge in [-0.3, -0.25) is 4.79 Å². The Morgan fingerprint density at radius 1 is 1.13 bits per heavy atom. The molecule has 1 heterocycles. The van der Waals surface area contributed by atoms with Crippen molar-refractivity contribution in [2.24, 2.45) is 5.92 Å². The van der Waals surface area contributed by atoms with Crippen LogP contribution in [0, 0.1) is 17.6 Å². The van der Waals surface area contributed by atoms with Gasteiger partial charge in [0.2, 0.25) is 5.91 Å². The van der Waals surface area contributed by atoms with Gasteiger partial charge in [0.05, 0.1) is 6.04 Å². The van der Waals surface area contributed by atoms with Crippen molar-refractivity contribution < 1.29 is 13.6 Å². The minimum absolute atomic E-state index is 0.162. The molecule has 38 heavy (non-hydrogen) atoms. The van der Waals surface area contributed by atoms with E-state index in [0.717, 1.165) is 22.0 Å². The van der Waals surface area contributed by atoms with Gasteiger partial charge in [-0.2, -0.15) is 5.10 Å². The largest absolute Gasteiger partial charge is 0.332 e. The summed E-state index contributed by atoms with van der Waals surface area (Å²) in [5.41, 5.74) is 1.55. The maximum atomic E-state index is 13.1. The van der Waals surface area contributed by atoms with Crippen molar-refractivity contribution in [2.75, 3.05) is 6.54 Å². The normalized spacial score (nSPS) is 14.5. The van der Waals surface area contributed by atoms with E-state index in [2.05, 4.69) is 52.5 Å². The number of carbonyl (C=O) groups is 1. The summed E-state index contributed by atoms with van der Waals surface area (Å²) in [6.07, 6.45) is 9.22. The SMILES string of the molecule is C=CCN(C(=O)CC)C1C=CC=C(Br)C1.CC(C)Cn1nc(-c2ccc(F)cc2)nc1-c1ccc(F)cc1. The lowest BCUT2D eigenvalue weighted by Crippen LogP contribution is -2.39. The zero-order valence-electron chi connectivity index (χ0n) is 21.9. The van der Waals surface area contributed by atoms with Gasteiger partial charge in [-0.05, 0) is 58.9 Å². The molecule has 1 unspecified atom stereocenters. The number of hydrogen-bond donors (Lipinski definition) is 0. The van der Waals surface area contributed by atoms with Crippen molar-refractivity contribution in [3.05, 3.63) is 95.5 Å². The van der Waals surface area contributed by atoms with Gasteiger partial charge in [0, 0.05) is 37.1 Å². The van der Waals surface area contributed by atoms with Crippen molar-refractivity contribution >= 4 is 21.8 Å². The average Bonchev–Trinajstić information content (AvgIpc) is 3.31. The molecular formula is C30H33BrF2N4O. The van der Waals surface area contributed by atoms with E-state index in [1.165, 1.54) is 24.3 Å². The summed E-state index contributed by atoms with van der Waals surface area (Å²) in [6, 6.07) is 12.4. The van der Waals surface area contributed by atoms with Gasteiger partial charge < -0.3 is 4.90 Å². The fourth-order valence-corrected chi connectivity index (χ4v) is 4.44. The highest BCUT2D eigenvalue weighted by atomic mass is 79.9. The van der Waals surface area contributed by atoms with Crippen molar-refractivity contribution in [2.45, 2.75) is 46.2 Å². The Kier molecular flexibility index (Phi) is 10.7. The Morgan fingerprint density at radius 2 is 1.74 bits per heavy atom. The molecule has 1 aliphatic rings. The number of aromatic nitrogens is 3. The number of nitrogens with zero attached hydrogens (tertiary/aromatic N) is 4. The minimum atomic E-state index is -0.297. The van der Waals surface area contributed by atoms with E-state index in [1.807, 2.05) is 28.7 Å². The molecule has 5 nitrogen and oxygen atoms in total. The summed E-state index contributed by atoms with van der Waals surface area (Å²) < 4.78 is 29.2. The smallest absolute Gasteiger partial charge is 0.223 e. The van der Waals surface area contributed by atoms with Crippen LogP contribution in [0.15, 0.2) is 83.9 Å². The van der Waals surface area contributed by atoms with Gasteiger partial charge >= 0.3 is 0 Å². The molecular weight excluding hydrogens is 550 g/mol. The van der Waals surface area contributed by atoms with E-state index in [-0.39, 0.29) is 23.6 Å². The number of halogens is 3. The maximum absolute atomic E-state index is 13.1. The van der Waals surface area contributed by atoms with Crippen molar-refractivity contribution in [3.63, 3.8) is 0 Å². The van der Waals surface area contributed by atoms with Gasteiger partial charge in [-0.25, -0.2) is 18.4 Å². The molecule has 1 atom stereocenters. The summed E-state index contributed by atoms with van der Waals surface area (Å²) in [7, 11) is 0. The van der Waals surface area contributed by atoms with Gasteiger partial charge in [0.25, 0.3) is 0 Å². The summed E-state index contributed by atoms with van der Waals surface area (Å²) in [5.74, 6) is 1.18. The topological polar surface area (TPSA) is 51.0 Å². The van der Waals surface area contributed by atoms with Gasteiger partial charge in [0.1, 0.15) is 11.6 Å². The van der Waals surface area contributed by atoms with E-state index in [9.17, 15) is 13.6 Å². The van der Waals surface area contributed by atoms with Crippen LogP contribution in [-0.4, -0.2) is 38.2 Å². The molecule has 0 spiro atoms. The predicted molar refractivity (Wildman–Crippen MR) is 152 cm³/mol. The molecule has 2 aromatic carbocycles. The first-order valence-electron chi connectivity index (χ1n) is 12.6. The molecule has 0 saturated carbocycles. The molecule has 0 bridgehead atoms. The Labute approximate surface area is 231 Å². The second-order valence-electron chi connectivity index (χ2n) is 9.31. The lowest BCUT2D eigenvalue weighted by Gasteiger charge is -2.30. The summed E-state index contributed by atoms with van der Waals surface area (Å²) >= 11 is 3.47. The minimum Gasteiger partial charge on any atom is -0.332 e. The van der Waals surface area contributed by atoms with E-state index in [0.29, 0.717) is 37.1 Å². The fourth-order valence-electron chi connectivity index (χ4n) is 3.95. The quantitative estimate of drug-likeness (QED) is 0.257. The van der Waals surface area contributed by atoms with Crippen LogP contribution >= 0.6 is 15.9 Å². The molecule has 3 aromatic rings. The Hall–Kier alpha value is -3.39. The highest BCUT2D eigenvalue weighted by molar-refractivity contribution is 9.11. The molecule has 4 rings (SSSR count). The van der Waals surface area contributed by atoms with Crippen LogP contribution < -0.4 is 0 Å². The fraction of sp³-hybridized carbons (Fsp3) is 0.300. The van der Waals surface area contributed by atoms with Gasteiger partial charge in [-0.1, -0.05) is 61.0 Å². The zero-order valence-corrected chi connectivity index (χ0v) is 23.5. The number of rotatable bonds is 8. The molecule has 1 aromatic heterocycles. The van der Waals surface area contributed by atoms with Crippen LogP contribution in [0.3, 0.4) is 0 Å². The Bertz CT molecular complexity index is 1280. The maximum Gasteiger partial charge on any atom is 0.223 e. The third kappa shape index (κ3) is 8.05. The number of amides is 1. The zero-order chi connectivity index (χ0) is 27.7. The summed E-state index contributed by atoms with van der Waals surface area (Å²) in [4.78, 5) is 18.1. The summed E-state index contributed by atoms with van der Waals surface area (Å²) in [5, 5.41) is 4.54. The van der Waals surface area contributed by atoms with E-state index < -0.39 is 0 Å². The Morgan fingerprint density at radius 3 is 2.26 bits per heavy atom. The first-order chi connectivity index (χ1) is 18.2. The van der Waals surface area contributed by atoms with Crippen LogP contribution in [0.25, 0.3) is 22.8 Å². The highest BCUT2D eigenvalue weighted by Gasteiger charge is 2.21. The third-order valence-corrected chi connectivity index (χ3v) is 6.37. The molecule has 200 valence electrons. The lowest BCUT2D eigenvalue weighted by molar-refractivity contribution is -0.131. The van der Waals surface area contributed by atoms with Crippen LogP contribution in [0.1, 0.15) is 33.6 Å². The van der Waals surface area contributed by atoms with E-state index >= 15 is 0 Å². The van der Waals surface area contributed by atoms with E-state index in [4.69, 9.17) is 0 Å². The third-order valence-electron chi connectivity index (χ3n) is 5.78. The second kappa shape index (κ2) is 14.0. The highest BCUT2D eigenvalue weighted by Crippen LogP contribution is 2.24. The second-order valence-corrected chi connectivity index (χ2v) is 10.3. The molecule has 0 saturated heterocycles. The molecule has 0 radical (unpaired) electrons. The van der Waals surface area contributed by atoms with Crippen molar-refractivity contribution in [1.29, 1.82) is 0 Å². The van der Waals surface area contributed by atoms with Crippen LogP contribution in [0.4, 0.5) is 8.78 Å². The molecule has 1 amide bonds. The van der Waals surface area contributed by atoms with Crippen LogP contribution in [0.2, 0.25) is 0 Å². The molecule has 1 aliphatic carbocycles. The number of benzene rings is 2. The van der Waals surface area contributed by atoms with Crippen molar-refractivity contribution in [3.8, 4) is 22.8 Å². The predicted octanol–water partition coefficient (Wildman–Crippen LogP) is 7.56. The van der Waals surface area contributed by atoms with Gasteiger partial charge in [0.15, 0.2) is 11.6 Å². The van der Waals surface area contributed by atoms with Crippen molar-refractivity contribution in [1.82, 2.24) is 19.7 Å². The number of hydrogen-bond acceptors (Lipinski definition) is 3. The monoisotopic (exact) mass is 582 g/mol. The average molecular weight is 584 g/mol. The number of allylic oxidation sites excluding steroid dienone is 2. The molecule has 8 heteroatoms. The standard InChI is InChI=1S/C18H17F2N3.C12H16BrNO/c1-12(2)11-23-18(14-5-9-16(20)10-6-14)21-17(22-23)13-3-7-15(19)8-4-13;1-3-8-14(12(15)4-2)11-7-5-6-10(13)9-11/h3-10,12H,11H2,1-2H3;3,5-7,11H,1,4,8-9H2,2H3. The first-order valence-corrected chi connectivity index (χ1v) is 13.4. The molecule has 0 N–H and O–H groups in total. The number of carbonyl (C=O) groups excluding carboxylic acids is 1. The van der Waals surface area contributed by atoms with Gasteiger partial charge in [-0.15, -0.1) is 6.58 Å². The van der Waals surface area contributed by atoms with Crippen LogP contribution in [0.5, 0.6) is 0 Å². The molecule has 0 aliphatic heterocycles. The lowest BCUT2D eigenvalue weighted by atomic mass is 10.1. The Balaban J connectivity index is 0.000000232. The first kappa shape index (κ1) is 29.2. The molecule has 0 fully saturated rings.